The van der Waals surface area contributed by atoms with Gasteiger partial charge in [0.25, 0.3) is 0 Å². The number of likely N-dealkylation sites (tertiary alicyclic amines) is 1. The zero-order valence-corrected chi connectivity index (χ0v) is 15.3. The van der Waals surface area contributed by atoms with Crippen LogP contribution in [0.25, 0.3) is 0 Å². The van der Waals surface area contributed by atoms with Crippen LogP contribution in [-0.2, 0) is 9.59 Å². The van der Waals surface area contributed by atoms with E-state index in [9.17, 15) is 9.59 Å². The lowest BCUT2D eigenvalue weighted by molar-refractivity contribution is -0.145. The van der Waals surface area contributed by atoms with E-state index in [1.807, 2.05) is 24.3 Å². The number of nitrogens with one attached hydrogen (secondary N) is 1. The molecule has 0 aliphatic carbocycles. The first-order valence-corrected chi connectivity index (χ1v) is 8.86. The van der Waals surface area contributed by atoms with Crippen LogP contribution in [0.1, 0.15) is 40.5 Å². The van der Waals surface area contributed by atoms with Crippen molar-refractivity contribution in [2.75, 3.05) is 36.4 Å². The van der Waals surface area contributed by atoms with Crippen LogP contribution >= 0.6 is 0 Å². The summed E-state index contributed by atoms with van der Waals surface area (Å²) in [5.74, 6) is -0.341. The van der Waals surface area contributed by atoms with E-state index in [1.54, 1.807) is 18.7 Å². The van der Waals surface area contributed by atoms with Crippen molar-refractivity contribution in [2.45, 2.75) is 40.5 Å². The minimum Gasteiger partial charge on any atom is -0.372 e. The van der Waals surface area contributed by atoms with Crippen molar-refractivity contribution in [3.8, 4) is 0 Å². The van der Waals surface area contributed by atoms with Crippen molar-refractivity contribution in [3.05, 3.63) is 24.3 Å². The molecule has 1 aliphatic heterocycles. The monoisotopic (exact) mass is 331 g/mol. The van der Waals surface area contributed by atoms with Crippen molar-refractivity contribution in [2.24, 2.45) is 5.41 Å². The molecule has 5 heteroatoms. The Morgan fingerprint density at radius 3 is 2.12 bits per heavy atom. The number of anilines is 2. The molecule has 0 spiro atoms. The van der Waals surface area contributed by atoms with Gasteiger partial charge in [0.05, 0.1) is 0 Å². The summed E-state index contributed by atoms with van der Waals surface area (Å²) >= 11 is 0. The number of hydrogen-bond donors (Lipinski definition) is 1. The summed E-state index contributed by atoms with van der Waals surface area (Å²) in [5.41, 5.74) is 0.797. The molecule has 1 saturated heterocycles. The van der Waals surface area contributed by atoms with Crippen molar-refractivity contribution >= 4 is 23.2 Å². The number of hydrogen-bond acceptors (Lipinski definition) is 3. The summed E-state index contributed by atoms with van der Waals surface area (Å²) in [6.45, 7) is 11.0. The lowest BCUT2D eigenvalue weighted by Gasteiger charge is -2.28. The van der Waals surface area contributed by atoms with Gasteiger partial charge in [0.15, 0.2) is 0 Å². The predicted octanol–water partition coefficient (Wildman–Crippen LogP) is 3.12. The van der Waals surface area contributed by atoms with Gasteiger partial charge in [-0.05, 0) is 64.8 Å². The Hall–Kier alpha value is -2.04. The summed E-state index contributed by atoms with van der Waals surface area (Å²) < 4.78 is 0. The van der Waals surface area contributed by atoms with Gasteiger partial charge in [0.2, 0.25) is 11.8 Å². The Labute approximate surface area is 145 Å². The summed E-state index contributed by atoms with van der Waals surface area (Å²) in [4.78, 5) is 29.2. The maximum absolute atomic E-state index is 12.6. The molecule has 1 aromatic rings. The quantitative estimate of drug-likeness (QED) is 0.815. The Morgan fingerprint density at radius 1 is 1.08 bits per heavy atom. The molecule has 0 saturated carbocycles. The summed E-state index contributed by atoms with van der Waals surface area (Å²) in [5, 5.41) is 2.88. The topological polar surface area (TPSA) is 52.7 Å². The smallest absolute Gasteiger partial charge is 0.239 e. The fourth-order valence-electron chi connectivity index (χ4n) is 3.04. The lowest BCUT2D eigenvalue weighted by atomic mass is 9.90. The van der Waals surface area contributed by atoms with E-state index in [0.29, 0.717) is 0 Å². The molecule has 0 unspecified atom stereocenters. The molecule has 0 atom stereocenters. The Kier molecular flexibility index (Phi) is 5.86. The van der Waals surface area contributed by atoms with Crippen molar-refractivity contribution < 1.29 is 9.59 Å². The Balaban J connectivity index is 2.03. The van der Waals surface area contributed by atoms with Crippen LogP contribution in [0, 0.1) is 5.41 Å². The minimum atomic E-state index is -1.05. The molecular weight excluding hydrogens is 302 g/mol. The standard InChI is InChI=1S/C19H29N3O2/c1-5-21(6-2)16-11-9-15(10-12-16)20-17(23)19(3,4)18(24)22-13-7-8-14-22/h9-12H,5-8,13-14H2,1-4H3,(H,20,23). The van der Waals surface area contributed by atoms with Crippen LogP contribution in [0.4, 0.5) is 11.4 Å². The molecule has 0 aromatic heterocycles. The largest absolute Gasteiger partial charge is 0.372 e. The van der Waals surface area contributed by atoms with Crippen molar-refractivity contribution in [3.63, 3.8) is 0 Å². The molecule has 1 heterocycles. The van der Waals surface area contributed by atoms with E-state index in [-0.39, 0.29) is 11.8 Å². The number of amides is 2. The Morgan fingerprint density at radius 2 is 1.62 bits per heavy atom. The second-order valence-corrected chi connectivity index (χ2v) is 6.80. The second kappa shape index (κ2) is 7.69. The van der Waals surface area contributed by atoms with Crippen LogP contribution in [0.5, 0.6) is 0 Å². The average molecular weight is 331 g/mol. The highest BCUT2D eigenvalue weighted by molar-refractivity contribution is 6.09. The van der Waals surface area contributed by atoms with Gasteiger partial charge < -0.3 is 15.1 Å². The van der Waals surface area contributed by atoms with Gasteiger partial charge >= 0.3 is 0 Å². The van der Waals surface area contributed by atoms with Crippen LogP contribution in [0.3, 0.4) is 0 Å². The highest BCUT2D eigenvalue weighted by atomic mass is 16.2. The van der Waals surface area contributed by atoms with Gasteiger partial charge in [-0.1, -0.05) is 0 Å². The molecule has 1 N–H and O–H groups in total. The molecule has 2 amide bonds. The summed E-state index contributed by atoms with van der Waals surface area (Å²) in [7, 11) is 0. The van der Waals surface area contributed by atoms with Crippen molar-refractivity contribution in [1.82, 2.24) is 4.90 Å². The first-order chi connectivity index (χ1) is 11.4. The maximum Gasteiger partial charge on any atom is 0.239 e. The summed E-state index contributed by atoms with van der Waals surface area (Å²) in [6.07, 6.45) is 2.05. The van der Waals surface area contributed by atoms with E-state index in [1.165, 1.54) is 0 Å². The maximum atomic E-state index is 12.6. The summed E-state index contributed by atoms with van der Waals surface area (Å²) in [6, 6.07) is 7.78. The number of carbonyl (C=O) groups is 2. The molecule has 24 heavy (non-hydrogen) atoms. The molecule has 0 bridgehead atoms. The first-order valence-electron chi connectivity index (χ1n) is 8.86. The van der Waals surface area contributed by atoms with Gasteiger partial charge in [-0.3, -0.25) is 9.59 Å². The SMILES string of the molecule is CCN(CC)c1ccc(NC(=O)C(C)(C)C(=O)N2CCCC2)cc1. The van der Waals surface area contributed by atoms with Gasteiger partial charge in [0.1, 0.15) is 5.41 Å². The van der Waals surface area contributed by atoms with E-state index in [4.69, 9.17) is 0 Å². The predicted molar refractivity (Wildman–Crippen MR) is 98.2 cm³/mol. The van der Waals surface area contributed by atoms with Gasteiger partial charge in [-0.25, -0.2) is 0 Å². The highest BCUT2D eigenvalue weighted by Crippen LogP contribution is 2.25. The molecule has 0 radical (unpaired) electrons. The number of nitrogens with zero attached hydrogens (tertiary/aromatic N) is 2. The molecule has 132 valence electrons. The van der Waals surface area contributed by atoms with Crippen molar-refractivity contribution in [1.29, 1.82) is 0 Å². The fraction of sp³-hybridized carbons (Fsp3) is 0.579. The van der Waals surface area contributed by atoms with E-state index < -0.39 is 5.41 Å². The molecule has 1 fully saturated rings. The zero-order valence-electron chi connectivity index (χ0n) is 15.3. The van der Waals surface area contributed by atoms with Crippen LogP contribution in [0.15, 0.2) is 24.3 Å². The molecular formula is C19H29N3O2. The normalized spacial score (nSPS) is 14.6. The van der Waals surface area contributed by atoms with Gasteiger partial charge in [0, 0.05) is 37.6 Å². The molecule has 1 aliphatic rings. The lowest BCUT2D eigenvalue weighted by Crippen LogP contribution is -2.46. The molecule has 1 aromatic carbocycles. The number of carbonyl (C=O) groups excluding carboxylic acids is 2. The third-order valence-electron chi connectivity index (χ3n) is 4.75. The van der Waals surface area contributed by atoms with Crippen LogP contribution < -0.4 is 10.2 Å². The zero-order chi connectivity index (χ0) is 17.7. The first kappa shape index (κ1) is 18.3. The van der Waals surface area contributed by atoms with E-state index >= 15 is 0 Å². The molecule has 5 nitrogen and oxygen atoms in total. The van der Waals surface area contributed by atoms with E-state index in [0.717, 1.165) is 50.4 Å². The van der Waals surface area contributed by atoms with Crippen LogP contribution in [0.2, 0.25) is 0 Å². The molecule has 2 rings (SSSR count). The third kappa shape index (κ3) is 3.89. The van der Waals surface area contributed by atoms with E-state index in [2.05, 4.69) is 24.1 Å². The Bertz CT molecular complexity index is 571. The minimum absolute atomic E-state index is 0.0859. The highest BCUT2D eigenvalue weighted by Gasteiger charge is 2.39. The number of rotatable bonds is 6. The third-order valence-corrected chi connectivity index (χ3v) is 4.75. The fourth-order valence-corrected chi connectivity index (χ4v) is 3.04. The van der Waals surface area contributed by atoms with Gasteiger partial charge in [-0.2, -0.15) is 0 Å². The average Bonchev–Trinajstić information content (AvgIpc) is 3.11. The van der Waals surface area contributed by atoms with Crippen LogP contribution in [-0.4, -0.2) is 42.9 Å². The van der Waals surface area contributed by atoms with Gasteiger partial charge in [-0.15, -0.1) is 0 Å². The number of benzene rings is 1. The second-order valence-electron chi connectivity index (χ2n) is 6.80.